The highest BCUT2D eigenvalue weighted by Crippen LogP contribution is 2.24. The normalized spacial score (nSPS) is 11.0. The molecule has 0 atom stereocenters. The Balaban J connectivity index is 1.85. The Bertz CT molecular complexity index is 958. The summed E-state index contributed by atoms with van der Waals surface area (Å²) in [6.07, 6.45) is 2.67. The summed E-state index contributed by atoms with van der Waals surface area (Å²) in [5, 5.41) is 4.09. The number of aryl methyl sites for hydroxylation is 3. The van der Waals surface area contributed by atoms with Crippen LogP contribution >= 0.6 is 0 Å². The molecule has 3 rings (SSSR count). The minimum absolute atomic E-state index is 0.197. The summed E-state index contributed by atoms with van der Waals surface area (Å²) in [4.78, 5) is 23.0. The number of anilines is 2. The molecule has 0 saturated carbocycles. The highest BCUT2D eigenvalue weighted by molar-refractivity contribution is 6.05. The van der Waals surface area contributed by atoms with E-state index in [-0.39, 0.29) is 5.91 Å². The van der Waals surface area contributed by atoms with Crippen LogP contribution in [0.25, 0.3) is 10.9 Å². The van der Waals surface area contributed by atoms with Crippen LogP contribution in [0, 0.1) is 13.8 Å². The smallest absolute Gasteiger partial charge is 0.259 e. The van der Waals surface area contributed by atoms with E-state index in [0.717, 1.165) is 24.0 Å². The minimum Gasteiger partial charge on any atom is -0.347 e. The second-order valence-electron chi connectivity index (χ2n) is 6.73. The van der Waals surface area contributed by atoms with Crippen LogP contribution in [0.5, 0.6) is 0 Å². The lowest BCUT2D eigenvalue weighted by Crippen LogP contribution is -2.18. The molecular formula is C20H25N5O. The van der Waals surface area contributed by atoms with Crippen molar-refractivity contribution in [2.75, 3.05) is 24.3 Å². The Morgan fingerprint density at radius 2 is 2.00 bits per heavy atom. The SMILES string of the molecule is CCCn1c(C)cc2cc(NC(=O)c3cnc(N(C)C)nc3C)ccc21. The summed E-state index contributed by atoms with van der Waals surface area (Å²) in [6.45, 7) is 7.10. The van der Waals surface area contributed by atoms with Crippen molar-refractivity contribution in [3.8, 4) is 0 Å². The van der Waals surface area contributed by atoms with Gasteiger partial charge in [-0.2, -0.15) is 0 Å². The van der Waals surface area contributed by atoms with Gasteiger partial charge in [-0.25, -0.2) is 9.97 Å². The van der Waals surface area contributed by atoms with Gasteiger partial charge in [-0.15, -0.1) is 0 Å². The van der Waals surface area contributed by atoms with Gasteiger partial charge in [-0.05, 0) is 44.5 Å². The quantitative estimate of drug-likeness (QED) is 0.760. The molecule has 1 N–H and O–H groups in total. The number of benzene rings is 1. The second-order valence-corrected chi connectivity index (χ2v) is 6.73. The van der Waals surface area contributed by atoms with Crippen LogP contribution in [0.4, 0.5) is 11.6 Å². The van der Waals surface area contributed by atoms with Crippen molar-refractivity contribution in [3.63, 3.8) is 0 Å². The lowest BCUT2D eigenvalue weighted by molar-refractivity contribution is 0.102. The Morgan fingerprint density at radius 1 is 1.23 bits per heavy atom. The molecule has 1 aromatic carbocycles. The monoisotopic (exact) mass is 351 g/mol. The molecule has 0 aliphatic heterocycles. The molecule has 0 aliphatic carbocycles. The third-order valence-corrected chi connectivity index (χ3v) is 4.42. The van der Waals surface area contributed by atoms with E-state index in [1.54, 1.807) is 6.20 Å². The molecule has 0 saturated heterocycles. The zero-order valence-corrected chi connectivity index (χ0v) is 16.0. The van der Waals surface area contributed by atoms with Gasteiger partial charge in [0.2, 0.25) is 5.95 Å². The van der Waals surface area contributed by atoms with Crippen molar-refractivity contribution in [3.05, 3.63) is 47.4 Å². The number of rotatable bonds is 5. The van der Waals surface area contributed by atoms with Crippen LogP contribution < -0.4 is 10.2 Å². The number of amides is 1. The maximum absolute atomic E-state index is 12.6. The molecule has 6 heteroatoms. The van der Waals surface area contributed by atoms with Gasteiger partial charge >= 0.3 is 0 Å². The van der Waals surface area contributed by atoms with Gasteiger partial charge in [0.25, 0.3) is 5.91 Å². The van der Waals surface area contributed by atoms with Gasteiger partial charge in [-0.1, -0.05) is 6.92 Å². The van der Waals surface area contributed by atoms with Crippen LogP contribution in [-0.4, -0.2) is 34.5 Å². The fraction of sp³-hybridized carbons (Fsp3) is 0.350. The van der Waals surface area contributed by atoms with E-state index < -0.39 is 0 Å². The molecule has 2 heterocycles. The molecule has 0 bridgehead atoms. The van der Waals surface area contributed by atoms with E-state index in [0.29, 0.717) is 17.2 Å². The van der Waals surface area contributed by atoms with Crippen LogP contribution in [-0.2, 0) is 6.54 Å². The molecule has 2 aromatic heterocycles. The lowest BCUT2D eigenvalue weighted by atomic mass is 10.2. The Labute approximate surface area is 153 Å². The topological polar surface area (TPSA) is 63.1 Å². The first-order chi connectivity index (χ1) is 12.4. The first-order valence-electron chi connectivity index (χ1n) is 8.83. The van der Waals surface area contributed by atoms with E-state index in [1.807, 2.05) is 38.1 Å². The molecule has 1 amide bonds. The first-order valence-corrected chi connectivity index (χ1v) is 8.83. The number of nitrogens with one attached hydrogen (secondary N) is 1. The van der Waals surface area contributed by atoms with E-state index in [4.69, 9.17) is 0 Å². The molecule has 0 unspecified atom stereocenters. The molecular weight excluding hydrogens is 326 g/mol. The van der Waals surface area contributed by atoms with Gasteiger partial charge in [0.15, 0.2) is 0 Å². The molecule has 0 fully saturated rings. The average Bonchev–Trinajstić information content (AvgIpc) is 2.90. The van der Waals surface area contributed by atoms with Crippen molar-refractivity contribution >= 4 is 28.4 Å². The van der Waals surface area contributed by atoms with Gasteiger partial charge in [0.1, 0.15) is 0 Å². The zero-order chi connectivity index (χ0) is 18.8. The summed E-state index contributed by atoms with van der Waals surface area (Å²) < 4.78 is 2.30. The number of fused-ring (bicyclic) bond motifs is 1. The van der Waals surface area contributed by atoms with E-state index >= 15 is 0 Å². The number of carbonyl (C=O) groups excluding carboxylic acids is 1. The Hall–Kier alpha value is -2.89. The highest BCUT2D eigenvalue weighted by Gasteiger charge is 2.14. The maximum Gasteiger partial charge on any atom is 0.259 e. The summed E-state index contributed by atoms with van der Waals surface area (Å²) in [5.74, 6) is 0.394. The average molecular weight is 351 g/mol. The predicted molar refractivity (Wildman–Crippen MR) is 106 cm³/mol. The minimum atomic E-state index is -0.197. The molecule has 3 aromatic rings. The predicted octanol–water partition coefficient (Wildman–Crippen LogP) is 3.78. The van der Waals surface area contributed by atoms with Gasteiger partial charge in [-0.3, -0.25) is 4.79 Å². The molecule has 0 radical (unpaired) electrons. The van der Waals surface area contributed by atoms with Crippen LogP contribution in [0.3, 0.4) is 0 Å². The van der Waals surface area contributed by atoms with Crippen molar-refractivity contribution in [1.82, 2.24) is 14.5 Å². The summed E-state index contributed by atoms with van der Waals surface area (Å²) >= 11 is 0. The van der Waals surface area contributed by atoms with Gasteiger partial charge in [0, 0.05) is 49.1 Å². The number of hydrogen-bond donors (Lipinski definition) is 1. The number of carbonyl (C=O) groups is 1. The third kappa shape index (κ3) is 3.40. The van der Waals surface area contributed by atoms with Crippen molar-refractivity contribution < 1.29 is 4.79 Å². The molecule has 0 aliphatic rings. The Kier molecular flexibility index (Phi) is 4.93. The summed E-state index contributed by atoms with van der Waals surface area (Å²) in [7, 11) is 3.74. The van der Waals surface area contributed by atoms with E-state index in [2.05, 4.69) is 45.8 Å². The van der Waals surface area contributed by atoms with Gasteiger partial charge < -0.3 is 14.8 Å². The van der Waals surface area contributed by atoms with E-state index in [1.165, 1.54) is 11.2 Å². The molecule has 0 spiro atoms. The summed E-state index contributed by atoms with van der Waals surface area (Å²) in [5.41, 5.74) is 4.33. The first kappa shape index (κ1) is 17.9. The maximum atomic E-state index is 12.6. The zero-order valence-electron chi connectivity index (χ0n) is 16.0. The highest BCUT2D eigenvalue weighted by atomic mass is 16.1. The van der Waals surface area contributed by atoms with Crippen LogP contribution in [0.15, 0.2) is 30.5 Å². The number of hydrogen-bond acceptors (Lipinski definition) is 4. The Morgan fingerprint density at radius 3 is 2.65 bits per heavy atom. The third-order valence-electron chi connectivity index (χ3n) is 4.42. The fourth-order valence-electron chi connectivity index (χ4n) is 3.10. The molecule has 6 nitrogen and oxygen atoms in total. The number of nitrogens with zero attached hydrogens (tertiary/aromatic N) is 4. The standard InChI is InChI=1S/C20H25N5O/c1-6-9-25-13(2)10-15-11-16(7-8-18(15)25)23-19(26)17-12-21-20(24(4)5)22-14(17)3/h7-8,10-12H,6,9H2,1-5H3,(H,23,26). The largest absolute Gasteiger partial charge is 0.347 e. The molecule has 136 valence electrons. The van der Waals surface area contributed by atoms with Crippen LogP contribution in [0.2, 0.25) is 0 Å². The fourth-order valence-corrected chi connectivity index (χ4v) is 3.10. The van der Waals surface area contributed by atoms with E-state index in [9.17, 15) is 4.79 Å². The van der Waals surface area contributed by atoms with Gasteiger partial charge in [0.05, 0.1) is 11.3 Å². The number of aromatic nitrogens is 3. The van der Waals surface area contributed by atoms with Crippen molar-refractivity contribution in [2.24, 2.45) is 0 Å². The van der Waals surface area contributed by atoms with Crippen molar-refractivity contribution in [2.45, 2.75) is 33.7 Å². The lowest BCUT2D eigenvalue weighted by Gasteiger charge is -2.12. The second kappa shape index (κ2) is 7.15. The summed E-state index contributed by atoms with van der Waals surface area (Å²) in [6, 6.07) is 8.17. The van der Waals surface area contributed by atoms with Crippen LogP contribution in [0.1, 0.15) is 35.1 Å². The molecule has 26 heavy (non-hydrogen) atoms. The van der Waals surface area contributed by atoms with Crippen molar-refractivity contribution in [1.29, 1.82) is 0 Å².